The summed E-state index contributed by atoms with van der Waals surface area (Å²) in [5.74, 6) is 3.82. The molecular weight excluding hydrogens is 551 g/mol. The highest BCUT2D eigenvalue weighted by Gasteiger charge is 2.35. The Morgan fingerprint density at radius 1 is 1.10 bits per heavy atom. The molecule has 0 aliphatic carbocycles. The number of aliphatic carboxylic acids is 1. The first-order valence-electron chi connectivity index (χ1n) is 13.3. The van der Waals surface area contributed by atoms with Crippen LogP contribution in [0.4, 0.5) is 29.6 Å². The fourth-order valence-electron chi connectivity index (χ4n) is 4.43. The second kappa shape index (κ2) is 12.5. The van der Waals surface area contributed by atoms with Gasteiger partial charge in [-0.3, -0.25) is 4.79 Å². The number of amides is 1. The maximum Gasteiger partial charge on any atom is 0.420 e. The maximum atomic E-state index is 13.7. The molecule has 1 aromatic carbocycles. The zero-order valence-electron chi connectivity index (χ0n) is 23.3. The van der Waals surface area contributed by atoms with Crippen molar-refractivity contribution in [2.24, 2.45) is 0 Å². The van der Waals surface area contributed by atoms with Gasteiger partial charge in [-0.25, -0.2) is 19.7 Å². The SMILES string of the molecule is CC(C)(C)OC(=O)N1CCCC(c2ccc(Nc3ncc(C(F)(F)F)c(C#Cc4ncccc4CC(=O)O)n3)cc2)C1. The molecule has 220 valence electrons. The second-order valence-electron chi connectivity index (χ2n) is 10.8. The summed E-state index contributed by atoms with van der Waals surface area (Å²) in [4.78, 5) is 37.2. The van der Waals surface area contributed by atoms with Crippen LogP contribution in [0.5, 0.6) is 0 Å². The van der Waals surface area contributed by atoms with Crippen molar-refractivity contribution >= 4 is 23.7 Å². The van der Waals surface area contributed by atoms with Gasteiger partial charge < -0.3 is 20.1 Å². The largest absolute Gasteiger partial charge is 0.481 e. The molecule has 1 aliphatic rings. The molecule has 42 heavy (non-hydrogen) atoms. The quantitative estimate of drug-likeness (QED) is 0.365. The van der Waals surface area contributed by atoms with Crippen molar-refractivity contribution < 1.29 is 32.6 Å². The predicted molar refractivity (Wildman–Crippen MR) is 148 cm³/mol. The molecule has 12 heteroatoms. The fraction of sp³-hybridized carbons (Fsp3) is 0.367. The number of carboxylic acids is 1. The minimum absolute atomic E-state index is 0.0460. The molecule has 1 unspecified atom stereocenters. The molecule has 0 bridgehead atoms. The molecule has 2 N–H and O–H groups in total. The van der Waals surface area contributed by atoms with Crippen molar-refractivity contribution in [1.29, 1.82) is 0 Å². The minimum atomic E-state index is -4.76. The van der Waals surface area contributed by atoms with Crippen LogP contribution < -0.4 is 5.32 Å². The van der Waals surface area contributed by atoms with Crippen LogP contribution in [0.25, 0.3) is 0 Å². The average Bonchev–Trinajstić information content (AvgIpc) is 2.91. The number of halogens is 3. The van der Waals surface area contributed by atoms with Crippen molar-refractivity contribution in [2.75, 3.05) is 18.4 Å². The molecule has 3 aromatic rings. The summed E-state index contributed by atoms with van der Waals surface area (Å²) in [7, 11) is 0. The number of benzene rings is 1. The first-order chi connectivity index (χ1) is 19.8. The van der Waals surface area contributed by atoms with Crippen molar-refractivity contribution in [2.45, 2.75) is 57.7 Å². The Bertz CT molecular complexity index is 1510. The van der Waals surface area contributed by atoms with E-state index in [0.717, 1.165) is 18.4 Å². The molecule has 1 saturated heterocycles. The third-order valence-corrected chi connectivity index (χ3v) is 6.34. The van der Waals surface area contributed by atoms with E-state index in [1.54, 1.807) is 17.0 Å². The van der Waals surface area contributed by atoms with Crippen LogP contribution in [0.15, 0.2) is 48.8 Å². The lowest BCUT2D eigenvalue weighted by Crippen LogP contribution is -2.42. The first-order valence-corrected chi connectivity index (χ1v) is 13.3. The number of piperidine rings is 1. The molecule has 0 radical (unpaired) electrons. The Hall–Kier alpha value is -4.66. The van der Waals surface area contributed by atoms with Gasteiger partial charge in [-0.1, -0.05) is 18.2 Å². The number of likely N-dealkylation sites (tertiary alicyclic amines) is 1. The number of anilines is 2. The number of aromatic nitrogens is 3. The van der Waals surface area contributed by atoms with E-state index in [2.05, 4.69) is 32.1 Å². The lowest BCUT2D eigenvalue weighted by molar-refractivity contribution is -0.138. The number of carbonyl (C=O) groups is 2. The number of nitrogens with zero attached hydrogens (tertiary/aromatic N) is 4. The van der Waals surface area contributed by atoms with E-state index < -0.39 is 29.0 Å². The highest BCUT2D eigenvalue weighted by Crippen LogP contribution is 2.32. The highest BCUT2D eigenvalue weighted by atomic mass is 19.4. The van der Waals surface area contributed by atoms with Gasteiger partial charge in [0.05, 0.1) is 6.42 Å². The first kappa shape index (κ1) is 30.3. The van der Waals surface area contributed by atoms with Gasteiger partial charge in [-0.2, -0.15) is 13.2 Å². The Balaban J connectivity index is 1.52. The lowest BCUT2D eigenvalue weighted by atomic mass is 9.90. The number of pyridine rings is 1. The van der Waals surface area contributed by atoms with Crippen molar-refractivity contribution in [1.82, 2.24) is 19.9 Å². The van der Waals surface area contributed by atoms with Crippen LogP contribution in [-0.4, -0.2) is 55.7 Å². The summed E-state index contributed by atoms with van der Waals surface area (Å²) in [6.07, 6.45) is -1.72. The molecule has 3 heterocycles. The zero-order chi connectivity index (χ0) is 30.5. The van der Waals surface area contributed by atoms with Crippen LogP contribution in [0.1, 0.15) is 67.6 Å². The Morgan fingerprint density at radius 2 is 1.81 bits per heavy atom. The predicted octanol–water partition coefficient (Wildman–Crippen LogP) is 5.78. The van der Waals surface area contributed by atoms with E-state index in [0.29, 0.717) is 25.0 Å². The van der Waals surface area contributed by atoms with Crippen LogP contribution in [0.2, 0.25) is 0 Å². The number of nitrogens with one attached hydrogen (secondary N) is 1. The lowest BCUT2D eigenvalue weighted by Gasteiger charge is -2.34. The van der Waals surface area contributed by atoms with Crippen molar-refractivity contribution in [3.63, 3.8) is 0 Å². The van der Waals surface area contributed by atoms with Gasteiger partial charge in [-0.05, 0) is 74.8 Å². The number of alkyl halides is 3. The summed E-state index contributed by atoms with van der Waals surface area (Å²) in [5.41, 5.74) is -0.404. The molecule has 9 nitrogen and oxygen atoms in total. The van der Waals surface area contributed by atoms with E-state index in [1.165, 1.54) is 18.3 Å². The van der Waals surface area contributed by atoms with Crippen LogP contribution in [0.3, 0.4) is 0 Å². The monoisotopic (exact) mass is 581 g/mol. The molecule has 1 atom stereocenters. The molecule has 0 spiro atoms. The van der Waals surface area contributed by atoms with Gasteiger partial charge in [0.2, 0.25) is 5.95 Å². The van der Waals surface area contributed by atoms with E-state index in [9.17, 15) is 22.8 Å². The molecule has 4 rings (SSSR count). The van der Waals surface area contributed by atoms with Crippen LogP contribution in [-0.2, 0) is 22.1 Å². The van der Waals surface area contributed by atoms with Crippen LogP contribution >= 0.6 is 0 Å². The summed E-state index contributed by atoms with van der Waals surface area (Å²) in [5, 5.41) is 12.0. The van der Waals surface area contributed by atoms with Gasteiger partial charge in [-0.15, -0.1) is 0 Å². The number of rotatable bonds is 5. The minimum Gasteiger partial charge on any atom is -0.481 e. The Kier molecular flexibility index (Phi) is 8.99. The number of ether oxygens (including phenoxy) is 1. The topological polar surface area (TPSA) is 118 Å². The third-order valence-electron chi connectivity index (χ3n) is 6.34. The van der Waals surface area contributed by atoms with E-state index >= 15 is 0 Å². The molecule has 2 aromatic heterocycles. The third kappa shape index (κ3) is 8.19. The van der Waals surface area contributed by atoms with Gasteiger partial charge in [0.1, 0.15) is 22.6 Å². The number of hydrogen-bond donors (Lipinski definition) is 2. The van der Waals surface area contributed by atoms with E-state index in [-0.39, 0.29) is 35.6 Å². The standard InChI is InChI=1S/C30H30F3N5O4/c1-29(2,3)42-28(41)38-15-5-7-21(18-38)19-8-10-22(11-9-19)36-27-35-17-23(30(31,32)33)25(37-27)13-12-24-20(16-26(39)40)6-4-14-34-24/h4,6,8-11,14,17,21H,5,7,15-16,18H2,1-3H3,(H,39,40)(H,35,36,37). The average molecular weight is 582 g/mol. The summed E-state index contributed by atoms with van der Waals surface area (Å²) >= 11 is 0. The highest BCUT2D eigenvalue weighted by molar-refractivity contribution is 5.71. The Morgan fingerprint density at radius 3 is 2.48 bits per heavy atom. The number of carboxylic acid groups (broad SMARTS) is 1. The molecule has 1 fully saturated rings. The van der Waals surface area contributed by atoms with Gasteiger partial charge >= 0.3 is 18.2 Å². The van der Waals surface area contributed by atoms with Crippen molar-refractivity contribution in [3.05, 3.63) is 76.9 Å². The van der Waals surface area contributed by atoms with E-state index in [1.807, 2.05) is 32.9 Å². The van der Waals surface area contributed by atoms with Crippen molar-refractivity contribution in [3.8, 4) is 11.8 Å². The van der Waals surface area contributed by atoms with Gasteiger partial charge in [0.25, 0.3) is 0 Å². The fourth-order valence-corrected chi connectivity index (χ4v) is 4.43. The molecule has 1 amide bonds. The molecular formula is C30H30F3N5O4. The van der Waals surface area contributed by atoms with Crippen LogP contribution in [0, 0.1) is 11.8 Å². The molecule has 0 saturated carbocycles. The van der Waals surface area contributed by atoms with Gasteiger partial charge in [0, 0.05) is 37.1 Å². The zero-order valence-corrected chi connectivity index (χ0v) is 23.3. The number of hydrogen-bond acceptors (Lipinski definition) is 7. The normalized spacial score (nSPS) is 15.4. The second-order valence-corrected chi connectivity index (χ2v) is 10.8. The maximum absolute atomic E-state index is 13.7. The smallest absolute Gasteiger partial charge is 0.420 e. The number of carbonyl (C=O) groups excluding carboxylic acids is 1. The summed E-state index contributed by atoms with van der Waals surface area (Å²) < 4.78 is 46.5. The van der Waals surface area contributed by atoms with Gasteiger partial charge in [0.15, 0.2) is 0 Å². The Labute approximate surface area is 241 Å². The summed E-state index contributed by atoms with van der Waals surface area (Å²) in [6.45, 7) is 6.63. The van der Waals surface area contributed by atoms with E-state index in [4.69, 9.17) is 9.84 Å². The molecule has 1 aliphatic heterocycles. The summed E-state index contributed by atoms with van der Waals surface area (Å²) in [6, 6.07) is 10.3.